The summed E-state index contributed by atoms with van der Waals surface area (Å²) in [6.45, 7) is 0.747. The Kier molecular flexibility index (Phi) is 5.98. The Morgan fingerprint density at radius 1 is 1.10 bits per heavy atom. The average Bonchev–Trinajstić information content (AvgIpc) is 3.20. The second kappa shape index (κ2) is 8.37. The molecule has 4 rings (SSSR count). The van der Waals surface area contributed by atoms with E-state index in [0.717, 1.165) is 30.4 Å². The third-order valence-electron chi connectivity index (χ3n) is 5.96. The summed E-state index contributed by atoms with van der Waals surface area (Å²) in [5.41, 5.74) is 3.12. The van der Waals surface area contributed by atoms with Crippen molar-refractivity contribution < 1.29 is 16.8 Å². The minimum absolute atomic E-state index is 0.159. The molecule has 2 aromatic rings. The number of pyridine rings is 1. The first-order chi connectivity index (χ1) is 14.2. The summed E-state index contributed by atoms with van der Waals surface area (Å²) in [6, 6.07) is 8.59. The third kappa shape index (κ3) is 4.44. The van der Waals surface area contributed by atoms with Crippen LogP contribution >= 0.6 is 0 Å². The minimum atomic E-state index is -3.67. The number of aryl methyl sites for hydroxylation is 2. The molecule has 1 aliphatic carbocycles. The molecule has 30 heavy (non-hydrogen) atoms. The van der Waals surface area contributed by atoms with Crippen molar-refractivity contribution in [1.82, 2.24) is 13.6 Å². The lowest BCUT2D eigenvalue weighted by Gasteiger charge is -2.37. The number of piperidine rings is 1. The predicted molar refractivity (Wildman–Crippen MR) is 115 cm³/mol. The largest absolute Gasteiger partial charge is 0.264 e. The van der Waals surface area contributed by atoms with Gasteiger partial charge in [0.05, 0.1) is 11.2 Å². The van der Waals surface area contributed by atoms with Crippen LogP contribution in [0.4, 0.5) is 0 Å². The van der Waals surface area contributed by atoms with Gasteiger partial charge in [-0.3, -0.25) is 4.98 Å². The summed E-state index contributed by atoms with van der Waals surface area (Å²) >= 11 is 0. The number of aromatic nitrogens is 1. The van der Waals surface area contributed by atoms with Gasteiger partial charge in [-0.05, 0) is 67.0 Å². The van der Waals surface area contributed by atoms with Crippen LogP contribution in [-0.2, 0) is 39.4 Å². The molecule has 7 nitrogen and oxygen atoms in total. The van der Waals surface area contributed by atoms with Crippen LogP contribution in [0.2, 0.25) is 0 Å². The third-order valence-corrected chi connectivity index (χ3v) is 9.10. The number of hydrogen-bond acceptors (Lipinski definition) is 5. The standard InChI is InChI=1S/C21H27N3O4S2/c1-29(25,26)24(15-17-5-3-11-22-14-17)20-8-4-12-23(16-20)30(27,28)21-10-9-18-6-2-7-19(18)13-21/h3,5,9-11,13-14,20H,2,4,6-8,12,15-16H2,1H3. The van der Waals surface area contributed by atoms with E-state index in [9.17, 15) is 16.8 Å². The molecule has 1 fully saturated rings. The zero-order chi connectivity index (χ0) is 21.4. The number of nitrogens with zero attached hydrogens (tertiary/aromatic N) is 3. The van der Waals surface area contributed by atoms with Crippen LogP contribution in [-0.4, -0.2) is 55.8 Å². The first kappa shape index (κ1) is 21.4. The van der Waals surface area contributed by atoms with Crippen LogP contribution in [0.3, 0.4) is 0 Å². The van der Waals surface area contributed by atoms with E-state index >= 15 is 0 Å². The molecule has 9 heteroatoms. The number of rotatable bonds is 6. The van der Waals surface area contributed by atoms with Crippen molar-refractivity contribution in [2.75, 3.05) is 19.3 Å². The van der Waals surface area contributed by atoms with Crippen molar-refractivity contribution in [2.24, 2.45) is 0 Å². The molecule has 1 atom stereocenters. The highest BCUT2D eigenvalue weighted by molar-refractivity contribution is 7.89. The lowest BCUT2D eigenvalue weighted by Crippen LogP contribution is -2.51. The van der Waals surface area contributed by atoms with Crippen molar-refractivity contribution in [3.05, 3.63) is 59.4 Å². The molecule has 1 aromatic heterocycles. The number of benzene rings is 1. The molecular formula is C21H27N3O4S2. The molecule has 0 spiro atoms. The minimum Gasteiger partial charge on any atom is -0.264 e. The van der Waals surface area contributed by atoms with Crippen LogP contribution in [0.15, 0.2) is 47.6 Å². The van der Waals surface area contributed by atoms with Crippen molar-refractivity contribution in [3.8, 4) is 0 Å². The molecule has 0 N–H and O–H groups in total. The van der Waals surface area contributed by atoms with Gasteiger partial charge in [0, 0.05) is 38.1 Å². The van der Waals surface area contributed by atoms with Crippen molar-refractivity contribution in [1.29, 1.82) is 0 Å². The highest BCUT2D eigenvalue weighted by Gasteiger charge is 2.36. The topological polar surface area (TPSA) is 87.7 Å². The highest BCUT2D eigenvalue weighted by Crippen LogP contribution is 2.29. The summed E-state index contributed by atoms with van der Waals surface area (Å²) in [6.07, 6.45) is 8.67. The van der Waals surface area contributed by atoms with E-state index in [2.05, 4.69) is 4.98 Å². The summed E-state index contributed by atoms with van der Waals surface area (Å²) in [5, 5.41) is 0. The average molecular weight is 450 g/mol. The number of hydrogen-bond donors (Lipinski definition) is 0. The molecule has 2 heterocycles. The van der Waals surface area contributed by atoms with E-state index < -0.39 is 26.1 Å². The molecule has 162 valence electrons. The molecule has 0 bridgehead atoms. The van der Waals surface area contributed by atoms with Crippen molar-refractivity contribution >= 4 is 20.0 Å². The summed E-state index contributed by atoms with van der Waals surface area (Å²) in [4.78, 5) is 4.37. The van der Waals surface area contributed by atoms with Gasteiger partial charge >= 0.3 is 0 Å². The van der Waals surface area contributed by atoms with Gasteiger partial charge in [-0.15, -0.1) is 0 Å². The predicted octanol–water partition coefficient (Wildman–Crippen LogP) is 2.19. The fraction of sp³-hybridized carbons (Fsp3) is 0.476. The fourth-order valence-corrected chi connectivity index (χ4v) is 7.09. The Bertz CT molecular complexity index is 1120. The van der Waals surface area contributed by atoms with Gasteiger partial charge in [0.15, 0.2) is 0 Å². The molecule has 0 saturated carbocycles. The Balaban J connectivity index is 1.58. The van der Waals surface area contributed by atoms with Gasteiger partial charge in [-0.2, -0.15) is 8.61 Å². The van der Waals surface area contributed by atoms with Gasteiger partial charge in [-0.1, -0.05) is 12.1 Å². The van der Waals surface area contributed by atoms with E-state index in [1.165, 1.54) is 20.4 Å². The van der Waals surface area contributed by atoms with Gasteiger partial charge in [0.25, 0.3) is 0 Å². The fourth-order valence-electron chi connectivity index (χ4n) is 4.42. The summed E-state index contributed by atoms with van der Waals surface area (Å²) in [7, 11) is -7.19. The molecule has 1 aliphatic heterocycles. The van der Waals surface area contributed by atoms with Crippen molar-refractivity contribution in [3.63, 3.8) is 0 Å². The van der Waals surface area contributed by atoms with Gasteiger partial charge < -0.3 is 0 Å². The number of fused-ring (bicyclic) bond motifs is 1. The van der Waals surface area contributed by atoms with E-state index in [-0.39, 0.29) is 13.1 Å². The molecule has 1 saturated heterocycles. The molecular weight excluding hydrogens is 422 g/mol. The first-order valence-corrected chi connectivity index (χ1v) is 13.5. The molecule has 2 aliphatic rings. The summed E-state index contributed by atoms with van der Waals surface area (Å²) in [5.74, 6) is 0. The maximum atomic E-state index is 13.3. The quantitative estimate of drug-likeness (QED) is 0.675. The zero-order valence-corrected chi connectivity index (χ0v) is 18.7. The van der Waals surface area contributed by atoms with Gasteiger partial charge in [0.1, 0.15) is 0 Å². The maximum absolute atomic E-state index is 13.3. The van der Waals surface area contributed by atoms with E-state index in [1.807, 2.05) is 12.1 Å². The van der Waals surface area contributed by atoms with Crippen LogP contribution < -0.4 is 0 Å². The highest BCUT2D eigenvalue weighted by atomic mass is 32.2. The maximum Gasteiger partial charge on any atom is 0.243 e. The Morgan fingerprint density at radius 3 is 2.63 bits per heavy atom. The Labute approximate surface area is 178 Å². The van der Waals surface area contributed by atoms with Gasteiger partial charge in [-0.25, -0.2) is 16.8 Å². The zero-order valence-electron chi connectivity index (χ0n) is 17.1. The lowest BCUT2D eigenvalue weighted by molar-refractivity contribution is 0.206. The smallest absolute Gasteiger partial charge is 0.243 e. The van der Waals surface area contributed by atoms with E-state index in [4.69, 9.17) is 0 Å². The molecule has 1 aromatic carbocycles. The number of sulfonamides is 2. The summed E-state index contributed by atoms with van der Waals surface area (Å²) < 4.78 is 54.5. The van der Waals surface area contributed by atoms with E-state index in [0.29, 0.717) is 24.3 Å². The van der Waals surface area contributed by atoms with Crippen LogP contribution in [0.25, 0.3) is 0 Å². The Morgan fingerprint density at radius 2 is 1.90 bits per heavy atom. The van der Waals surface area contributed by atoms with Crippen LogP contribution in [0.5, 0.6) is 0 Å². The molecule has 0 radical (unpaired) electrons. The van der Waals surface area contributed by atoms with Crippen LogP contribution in [0.1, 0.15) is 36.0 Å². The van der Waals surface area contributed by atoms with Gasteiger partial charge in [0.2, 0.25) is 20.0 Å². The normalized spacial score (nSPS) is 20.4. The molecule has 0 amide bonds. The second-order valence-corrected chi connectivity index (χ2v) is 12.0. The van der Waals surface area contributed by atoms with E-state index in [1.54, 1.807) is 30.6 Å². The lowest BCUT2D eigenvalue weighted by atomic mass is 10.1. The second-order valence-electron chi connectivity index (χ2n) is 8.11. The molecule has 1 unspecified atom stereocenters. The SMILES string of the molecule is CS(=O)(=O)N(Cc1cccnc1)C1CCCN(S(=O)(=O)c2ccc3c(c2)CCC3)C1. The first-order valence-electron chi connectivity index (χ1n) is 10.2. The monoisotopic (exact) mass is 449 g/mol. The Hall–Kier alpha value is -1.81. The van der Waals surface area contributed by atoms with Crippen LogP contribution in [0, 0.1) is 0 Å². The van der Waals surface area contributed by atoms with Crippen molar-refractivity contribution in [2.45, 2.75) is 49.6 Å².